The maximum atomic E-state index is 15.6. The summed E-state index contributed by atoms with van der Waals surface area (Å²) in [6.07, 6.45) is 2.74. The topological polar surface area (TPSA) is 74.7 Å². The van der Waals surface area contributed by atoms with Crippen molar-refractivity contribution in [3.8, 4) is 0 Å². The summed E-state index contributed by atoms with van der Waals surface area (Å²) in [5.74, 6) is -1.12. The predicted molar refractivity (Wildman–Crippen MR) is 105 cm³/mol. The number of pyridine rings is 1. The molecule has 0 aliphatic carbocycles. The smallest absolute Gasteiger partial charge is 0.323 e. The molecule has 1 aromatic heterocycles. The first-order chi connectivity index (χ1) is 13.6. The van der Waals surface area contributed by atoms with Gasteiger partial charge in [0.2, 0.25) is 0 Å². The quantitative estimate of drug-likeness (QED) is 0.197. The van der Waals surface area contributed by atoms with E-state index in [2.05, 4.69) is 26.0 Å². The van der Waals surface area contributed by atoms with Crippen LogP contribution in [0.15, 0.2) is 46.1 Å². The summed E-state index contributed by atoms with van der Waals surface area (Å²) >= 11 is 3.11. The molecule has 0 aliphatic heterocycles. The minimum absolute atomic E-state index is 0.356. The van der Waals surface area contributed by atoms with E-state index in [1.807, 2.05) is 0 Å². The number of hydrogen-bond acceptors (Lipinski definition) is 4. The normalized spacial score (nSPS) is 15.3. The Bertz CT molecular complexity index is 866. The average Bonchev–Trinajstić information content (AvgIpc) is 2.67. The Kier molecular flexibility index (Phi) is 7.23. The zero-order valence-electron chi connectivity index (χ0n) is 15.8. The van der Waals surface area contributed by atoms with Crippen LogP contribution >= 0.6 is 15.9 Å². The largest absolute Gasteiger partial charge is 0.377 e. The van der Waals surface area contributed by atoms with Gasteiger partial charge in [0, 0.05) is 28.3 Å². The number of rotatable bonds is 8. The van der Waals surface area contributed by atoms with Crippen molar-refractivity contribution in [2.75, 3.05) is 6.54 Å². The van der Waals surface area contributed by atoms with Crippen LogP contribution in [0.3, 0.4) is 0 Å². The molecule has 1 aromatic carbocycles. The number of nitrogens with zero attached hydrogens (tertiary/aromatic N) is 3. The summed E-state index contributed by atoms with van der Waals surface area (Å²) in [6, 6.07) is 4.03. The number of aromatic nitrogens is 1. The van der Waals surface area contributed by atoms with E-state index in [1.165, 1.54) is 11.0 Å². The zero-order chi connectivity index (χ0) is 21.8. The van der Waals surface area contributed by atoms with Crippen molar-refractivity contribution >= 4 is 22.3 Å². The summed E-state index contributed by atoms with van der Waals surface area (Å²) in [4.78, 5) is 4.95. The van der Waals surface area contributed by atoms with Crippen LogP contribution in [0.2, 0.25) is 0 Å². The minimum Gasteiger partial charge on any atom is -0.377 e. The van der Waals surface area contributed by atoms with Gasteiger partial charge >= 0.3 is 5.92 Å². The molecule has 0 radical (unpaired) electrons. The number of halogens is 5. The lowest BCUT2D eigenvalue weighted by atomic mass is 9.84. The van der Waals surface area contributed by atoms with Gasteiger partial charge < -0.3 is 15.8 Å². The molecular weight excluding hydrogens is 456 g/mol. The minimum atomic E-state index is -4.04. The van der Waals surface area contributed by atoms with E-state index in [4.69, 9.17) is 5.84 Å². The van der Waals surface area contributed by atoms with Crippen LogP contribution in [-0.4, -0.2) is 33.9 Å². The average molecular weight is 477 g/mol. The fourth-order valence-electron chi connectivity index (χ4n) is 2.85. The van der Waals surface area contributed by atoms with E-state index < -0.39 is 41.0 Å². The van der Waals surface area contributed by atoms with Crippen molar-refractivity contribution in [1.29, 1.82) is 0 Å². The Hall–Kier alpha value is -2.20. The lowest BCUT2D eigenvalue weighted by molar-refractivity contribution is -0.205. The second-order valence-electron chi connectivity index (χ2n) is 6.61. The Morgan fingerprint density at radius 3 is 2.52 bits per heavy atom. The Morgan fingerprint density at radius 2 is 2.00 bits per heavy atom. The predicted octanol–water partition coefficient (Wildman–Crippen LogP) is 4.10. The third kappa shape index (κ3) is 4.69. The van der Waals surface area contributed by atoms with Crippen LogP contribution in [-0.2, 0) is 11.5 Å². The SMILES string of the molecule is CCC(C)N(C=NN)CC(O)(c1ccc(F)cc1F)C(F)(F)c1ccc(Br)cn1. The van der Waals surface area contributed by atoms with Crippen molar-refractivity contribution in [3.63, 3.8) is 0 Å². The Morgan fingerprint density at radius 1 is 1.31 bits per heavy atom. The lowest BCUT2D eigenvalue weighted by Crippen LogP contribution is -2.53. The highest BCUT2D eigenvalue weighted by Crippen LogP contribution is 2.46. The highest BCUT2D eigenvalue weighted by atomic mass is 79.9. The molecule has 29 heavy (non-hydrogen) atoms. The van der Waals surface area contributed by atoms with Crippen LogP contribution in [0.1, 0.15) is 31.5 Å². The highest BCUT2D eigenvalue weighted by Gasteiger charge is 2.58. The van der Waals surface area contributed by atoms with Gasteiger partial charge in [-0.1, -0.05) is 6.92 Å². The first-order valence-electron chi connectivity index (χ1n) is 8.73. The number of nitrogens with two attached hydrogens (primary N) is 1. The number of hydrogen-bond donors (Lipinski definition) is 2. The third-order valence-electron chi connectivity index (χ3n) is 4.73. The van der Waals surface area contributed by atoms with Crippen molar-refractivity contribution in [2.24, 2.45) is 10.9 Å². The van der Waals surface area contributed by atoms with Crippen molar-refractivity contribution in [3.05, 3.63) is 63.9 Å². The second kappa shape index (κ2) is 9.08. The number of alkyl halides is 2. The van der Waals surface area contributed by atoms with E-state index >= 15 is 8.78 Å². The van der Waals surface area contributed by atoms with Gasteiger partial charge in [-0.25, -0.2) is 8.78 Å². The molecular formula is C19H21BrF4N4O. The summed E-state index contributed by atoms with van der Waals surface area (Å²) in [6.45, 7) is 2.74. The lowest BCUT2D eigenvalue weighted by Gasteiger charge is -2.40. The van der Waals surface area contributed by atoms with Gasteiger partial charge in [0.1, 0.15) is 23.7 Å². The summed E-state index contributed by atoms with van der Waals surface area (Å²) in [7, 11) is 0. The molecule has 2 atom stereocenters. The van der Waals surface area contributed by atoms with Gasteiger partial charge in [-0.2, -0.15) is 13.9 Å². The van der Waals surface area contributed by atoms with E-state index in [-0.39, 0.29) is 6.04 Å². The monoisotopic (exact) mass is 476 g/mol. The fraction of sp³-hybridized carbons (Fsp3) is 0.368. The molecule has 0 amide bonds. The van der Waals surface area contributed by atoms with Crippen molar-refractivity contribution in [2.45, 2.75) is 37.8 Å². The van der Waals surface area contributed by atoms with Gasteiger partial charge in [-0.05, 0) is 53.5 Å². The Balaban J connectivity index is 2.68. The van der Waals surface area contributed by atoms with Crippen LogP contribution < -0.4 is 5.84 Å². The standard InChI is InChI=1S/C19H21BrF4N4O/c1-3-12(2)28(11-27-25)10-18(29,15-6-5-14(21)8-16(15)22)19(23,24)17-7-4-13(20)9-26-17/h4-9,11-12,29H,3,10,25H2,1-2H3. The molecule has 0 aliphatic rings. The first-order valence-corrected chi connectivity index (χ1v) is 9.53. The van der Waals surface area contributed by atoms with E-state index in [1.54, 1.807) is 13.8 Å². The molecule has 0 saturated heterocycles. The van der Waals surface area contributed by atoms with Crippen molar-refractivity contribution in [1.82, 2.24) is 9.88 Å². The van der Waals surface area contributed by atoms with Gasteiger partial charge in [0.25, 0.3) is 0 Å². The summed E-state index contributed by atoms with van der Waals surface area (Å²) in [5.41, 5.74) is -4.65. The van der Waals surface area contributed by atoms with Crippen molar-refractivity contribution < 1.29 is 22.7 Å². The number of hydrazone groups is 1. The third-order valence-corrected chi connectivity index (χ3v) is 5.20. The number of aliphatic hydroxyl groups is 1. The molecule has 0 bridgehead atoms. The van der Waals surface area contributed by atoms with E-state index in [0.29, 0.717) is 17.0 Å². The molecule has 2 rings (SSSR count). The Labute approximate surface area is 174 Å². The molecule has 2 aromatic rings. The number of benzene rings is 1. The second-order valence-corrected chi connectivity index (χ2v) is 7.53. The molecule has 5 nitrogen and oxygen atoms in total. The molecule has 10 heteroatoms. The van der Waals surface area contributed by atoms with Crippen LogP contribution in [0.4, 0.5) is 17.6 Å². The molecule has 0 spiro atoms. The molecule has 2 unspecified atom stereocenters. The fourth-order valence-corrected chi connectivity index (χ4v) is 3.08. The van der Waals surface area contributed by atoms with Crippen LogP contribution in [0, 0.1) is 11.6 Å². The van der Waals surface area contributed by atoms with Gasteiger partial charge in [-0.15, -0.1) is 0 Å². The zero-order valence-corrected chi connectivity index (χ0v) is 17.4. The molecule has 1 heterocycles. The first kappa shape index (κ1) is 23.1. The van der Waals surface area contributed by atoms with E-state index in [0.717, 1.165) is 30.7 Å². The maximum Gasteiger partial charge on any atom is 0.323 e. The molecule has 0 fully saturated rings. The molecule has 3 N–H and O–H groups in total. The van der Waals surface area contributed by atoms with E-state index in [9.17, 15) is 13.9 Å². The van der Waals surface area contributed by atoms with Crippen LogP contribution in [0.5, 0.6) is 0 Å². The summed E-state index contributed by atoms with van der Waals surface area (Å²) in [5, 5.41) is 14.6. The molecule has 158 valence electrons. The maximum absolute atomic E-state index is 15.6. The van der Waals surface area contributed by atoms with Gasteiger partial charge in [0.05, 0.1) is 6.54 Å². The van der Waals surface area contributed by atoms with Gasteiger partial charge in [0.15, 0.2) is 5.60 Å². The van der Waals surface area contributed by atoms with Crippen LogP contribution in [0.25, 0.3) is 0 Å². The highest BCUT2D eigenvalue weighted by molar-refractivity contribution is 9.10. The molecule has 0 saturated carbocycles. The van der Waals surface area contributed by atoms with Gasteiger partial charge in [-0.3, -0.25) is 4.98 Å². The summed E-state index contributed by atoms with van der Waals surface area (Å²) < 4.78 is 59.5.